The van der Waals surface area contributed by atoms with E-state index >= 15 is 0 Å². The molecule has 0 aliphatic carbocycles. The van der Waals surface area contributed by atoms with Gasteiger partial charge in [-0.3, -0.25) is 4.79 Å². The number of carbonyl (C=O) groups excluding carboxylic acids is 2. The van der Waals surface area contributed by atoms with Crippen LogP contribution in [0.3, 0.4) is 0 Å². The number of hydrogen-bond acceptors (Lipinski definition) is 6. The number of hydrogen-bond donors (Lipinski definition) is 1. The first-order valence-corrected chi connectivity index (χ1v) is 7.96. The summed E-state index contributed by atoms with van der Waals surface area (Å²) < 4.78 is 36.3. The van der Waals surface area contributed by atoms with Crippen molar-refractivity contribution >= 4 is 22.3 Å². The van der Waals surface area contributed by atoms with Gasteiger partial charge in [-0.1, -0.05) is 30.3 Å². The Bertz CT molecular complexity index is 646. The molecule has 1 aliphatic heterocycles. The van der Waals surface area contributed by atoms with Gasteiger partial charge in [-0.15, -0.1) is 0 Å². The summed E-state index contributed by atoms with van der Waals surface area (Å²) >= 11 is 0. The number of benzene rings is 1. The lowest BCUT2D eigenvalue weighted by atomic mass is 10.1. The minimum atomic E-state index is -4.18. The van der Waals surface area contributed by atoms with Crippen LogP contribution in [0.5, 0.6) is 0 Å². The summed E-state index contributed by atoms with van der Waals surface area (Å²) in [6.07, 6.45) is -0.855. The molecule has 1 saturated heterocycles. The first-order valence-electron chi connectivity index (χ1n) is 6.52. The van der Waals surface area contributed by atoms with Crippen molar-refractivity contribution in [1.29, 1.82) is 0 Å². The number of esters is 1. The van der Waals surface area contributed by atoms with Crippen molar-refractivity contribution in [3.05, 3.63) is 35.9 Å². The second-order valence-electron chi connectivity index (χ2n) is 4.57. The smallest absolute Gasteiger partial charge is 0.424 e. The molecule has 1 aromatic rings. The fourth-order valence-electron chi connectivity index (χ4n) is 2.01. The van der Waals surface area contributed by atoms with Gasteiger partial charge < -0.3 is 9.47 Å². The van der Waals surface area contributed by atoms with Gasteiger partial charge in [0.25, 0.3) is 0 Å². The van der Waals surface area contributed by atoms with E-state index in [9.17, 15) is 18.0 Å². The second-order valence-corrected chi connectivity index (χ2v) is 6.20. The van der Waals surface area contributed by atoms with Crippen LogP contribution in [0.25, 0.3) is 0 Å². The third kappa shape index (κ3) is 3.74. The van der Waals surface area contributed by atoms with E-state index in [0.29, 0.717) is 4.31 Å². The van der Waals surface area contributed by atoms with Crippen LogP contribution in [0.2, 0.25) is 0 Å². The summed E-state index contributed by atoms with van der Waals surface area (Å²) in [6, 6.07) is 7.74. The quantitative estimate of drug-likeness (QED) is 0.741. The molecule has 0 saturated carbocycles. The number of nitrogens with one attached hydrogen (secondary N) is 1. The van der Waals surface area contributed by atoms with E-state index in [1.165, 1.54) is 7.11 Å². The summed E-state index contributed by atoms with van der Waals surface area (Å²) in [6.45, 7) is -0.102. The maximum atomic E-state index is 12.2. The van der Waals surface area contributed by atoms with Crippen LogP contribution in [-0.2, 0) is 30.9 Å². The Labute approximate surface area is 128 Å². The van der Waals surface area contributed by atoms with Gasteiger partial charge in [0, 0.05) is 0 Å². The number of ether oxygens (including phenoxy) is 2. The average Bonchev–Trinajstić information content (AvgIpc) is 2.93. The van der Waals surface area contributed by atoms with Crippen molar-refractivity contribution < 1.29 is 27.5 Å². The molecule has 8 nitrogen and oxygen atoms in total. The van der Waals surface area contributed by atoms with E-state index in [4.69, 9.17) is 0 Å². The predicted molar refractivity (Wildman–Crippen MR) is 76.1 cm³/mol. The summed E-state index contributed by atoms with van der Waals surface area (Å²) in [5, 5.41) is 0. The maximum absolute atomic E-state index is 12.2. The number of rotatable bonds is 6. The van der Waals surface area contributed by atoms with Crippen LogP contribution >= 0.6 is 0 Å². The molecular formula is C13H16N2O6S. The van der Waals surface area contributed by atoms with Crippen LogP contribution in [-0.4, -0.2) is 51.1 Å². The molecular weight excluding hydrogens is 312 g/mol. The Morgan fingerprint density at radius 1 is 1.41 bits per heavy atom. The molecule has 120 valence electrons. The lowest BCUT2D eigenvalue weighted by Gasteiger charge is -2.20. The lowest BCUT2D eigenvalue weighted by molar-refractivity contribution is -0.142. The van der Waals surface area contributed by atoms with E-state index in [1.54, 1.807) is 30.3 Å². The molecule has 1 aromatic carbocycles. The molecule has 0 bridgehead atoms. The third-order valence-electron chi connectivity index (χ3n) is 3.07. The van der Waals surface area contributed by atoms with Crippen LogP contribution in [0.4, 0.5) is 4.79 Å². The topological polar surface area (TPSA) is 102 Å². The highest BCUT2D eigenvalue weighted by atomic mass is 32.2. The highest BCUT2D eigenvalue weighted by Gasteiger charge is 2.36. The highest BCUT2D eigenvalue weighted by molar-refractivity contribution is 7.87. The normalized spacial score (nSPS) is 16.2. The maximum Gasteiger partial charge on any atom is 0.424 e. The zero-order valence-corrected chi connectivity index (χ0v) is 12.7. The molecule has 0 unspecified atom stereocenters. The molecule has 2 rings (SSSR count). The lowest BCUT2D eigenvalue weighted by Crippen LogP contribution is -2.49. The molecule has 1 fully saturated rings. The molecule has 0 spiro atoms. The fourth-order valence-corrected chi connectivity index (χ4v) is 3.24. The molecule has 1 heterocycles. The third-order valence-corrected chi connectivity index (χ3v) is 4.57. The van der Waals surface area contributed by atoms with Crippen molar-refractivity contribution in [2.24, 2.45) is 0 Å². The SMILES string of the molecule is COC(=O)[C@@H](Cc1ccccc1)NS(=O)(=O)N1CCOC1=O. The number of methoxy groups -OCH3 is 1. The molecule has 22 heavy (non-hydrogen) atoms. The minimum absolute atomic E-state index is 0.0126. The zero-order valence-electron chi connectivity index (χ0n) is 11.9. The van der Waals surface area contributed by atoms with Crippen molar-refractivity contribution in [2.75, 3.05) is 20.3 Å². The Balaban J connectivity index is 2.16. The first-order chi connectivity index (χ1) is 10.4. The summed E-state index contributed by atoms with van der Waals surface area (Å²) in [5.74, 6) is -0.736. The molecule has 1 aliphatic rings. The first kappa shape index (κ1) is 16.2. The van der Waals surface area contributed by atoms with Gasteiger partial charge in [0.05, 0.1) is 13.7 Å². The summed E-state index contributed by atoms with van der Waals surface area (Å²) in [4.78, 5) is 23.2. The minimum Gasteiger partial charge on any atom is -0.468 e. The number of nitrogens with zero attached hydrogens (tertiary/aromatic N) is 1. The number of amides is 1. The largest absolute Gasteiger partial charge is 0.468 e. The van der Waals surface area contributed by atoms with Gasteiger partial charge in [-0.2, -0.15) is 17.4 Å². The number of cyclic esters (lactones) is 1. The van der Waals surface area contributed by atoms with Crippen molar-refractivity contribution in [1.82, 2.24) is 9.03 Å². The van der Waals surface area contributed by atoms with Crippen LogP contribution in [0, 0.1) is 0 Å². The van der Waals surface area contributed by atoms with Gasteiger partial charge >= 0.3 is 22.3 Å². The van der Waals surface area contributed by atoms with E-state index in [0.717, 1.165) is 5.56 Å². The predicted octanol–water partition coefficient (Wildman–Crippen LogP) is 0.0573. The van der Waals surface area contributed by atoms with Crippen molar-refractivity contribution in [2.45, 2.75) is 12.5 Å². The van der Waals surface area contributed by atoms with Crippen LogP contribution < -0.4 is 4.72 Å². The Hall–Kier alpha value is -2.13. The van der Waals surface area contributed by atoms with Crippen molar-refractivity contribution in [3.63, 3.8) is 0 Å². The average molecular weight is 328 g/mol. The molecule has 1 N–H and O–H groups in total. The van der Waals surface area contributed by atoms with Crippen molar-refractivity contribution in [3.8, 4) is 0 Å². The molecule has 0 aromatic heterocycles. The molecule has 1 amide bonds. The van der Waals surface area contributed by atoms with E-state index in [1.807, 2.05) is 0 Å². The molecule has 1 atom stereocenters. The van der Waals surface area contributed by atoms with E-state index < -0.39 is 28.3 Å². The van der Waals surface area contributed by atoms with Gasteiger partial charge in [-0.05, 0) is 12.0 Å². The fraction of sp³-hybridized carbons (Fsp3) is 0.385. The summed E-state index contributed by atoms with van der Waals surface area (Å²) in [5.41, 5.74) is 0.754. The standard InChI is InChI=1S/C13H16N2O6S/c1-20-12(16)11(9-10-5-3-2-4-6-10)14-22(18,19)15-7-8-21-13(15)17/h2-6,11,14H,7-9H2,1H3/t11-/m1/s1. The Morgan fingerprint density at radius 3 is 2.64 bits per heavy atom. The summed E-state index contributed by atoms with van der Waals surface area (Å²) in [7, 11) is -3.01. The van der Waals surface area contributed by atoms with E-state index in [-0.39, 0.29) is 19.6 Å². The van der Waals surface area contributed by atoms with Crippen LogP contribution in [0.1, 0.15) is 5.56 Å². The monoisotopic (exact) mass is 328 g/mol. The molecule has 9 heteroatoms. The Morgan fingerprint density at radius 2 is 2.09 bits per heavy atom. The Kier molecular flexibility index (Phi) is 4.99. The molecule has 0 radical (unpaired) electrons. The second kappa shape index (κ2) is 6.75. The van der Waals surface area contributed by atoms with Gasteiger partial charge in [-0.25, -0.2) is 4.79 Å². The van der Waals surface area contributed by atoms with Gasteiger partial charge in [0.15, 0.2) is 0 Å². The van der Waals surface area contributed by atoms with Gasteiger partial charge in [0.1, 0.15) is 12.6 Å². The van der Waals surface area contributed by atoms with E-state index in [2.05, 4.69) is 14.2 Å². The zero-order chi connectivity index (χ0) is 16.2. The van der Waals surface area contributed by atoms with Crippen LogP contribution in [0.15, 0.2) is 30.3 Å². The van der Waals surface area contributed by atoms with Gasteiger partial charge in [0.2, 0.25) is 0 Å². The highest BCUT2D eigenvalue weighted by Crippen LogP contribution is 2.11. The number of carbonyl (C=O) groups is 2.